The number of amides is 1. The highest BCUT2D eigenvalue weighted by Gasteiger charge is 2.22. The van der Waals surface area contributed by atoms with Gasteiger partial charge in [-0.25, -0.2) is 22.5 Å². The molecule has 3 N–H and O–H groups in total. The molecule has 0 aliphatic rings. The first kappa shape index (κ1) is 26.6. The van der Waals surface area contributed by atoms with E-state index in [1.807, 2.05) is 6.92 Å². The van der Waals surface area contributed by atoms with Crippen LogP contribution >= 0.6 is 12.6 Å². The van der Waals surface area contributed by atoms with E-state index < -0.39 is 15.8 Å². The van der Waals surface area contributed by atoms with Crippen LogP contribution in [0.4, 0.5) is 10.2 Å². The molecule has 11 heteroatoms. The van der Waals surface area contributed by atoms with Crippen LogP contribution in [0.5, 0.6) is 0 Å². The number of unbranched alkanes of at least 4 members (excludes halogenated alkanes) is 1. The molecule has 0 saturated carbocycles. The maximum Gasteiger partial charge on any atom is 0.241 e. The third kappa shape index (κ3) is 6.77. The predicted molar refractivity (Wildman–Crippen MR) is 138 cm³/mol. The molecule has 3 rings (SSSR count). The Kier molecular flexibility index (Phi) is 9.19. The van der Waals surface area contributed by atoms with E-state index in [0.717, 1.165) is 18.6 Å². The number of anilines is 1. The number of nitrogen functional groups attached to an aromatic ring is 1. The summed E-state index contributed by atoms with van der Waals surface area (Å²) in [5.74, 6) is 0.0458. The number of nitrogens with two attached hydrogens (primary N) is 1. The van der Waals surface area contributed by atoms with E-state index in [1.54, 1.807) is 29.2 Å². The van der Waals surface area contributed by atoms with Crippen molar-refractivity contribution in [2.75, 3.05) is 31.1 Å². The lowest BCUT2D eigenvalue weighted by Crippen LogP contribution is -2.40. The molecule has 2 aromatic carbocycles. The van der Waals surface area contributed by atoms with Crippen LogP contribution in [-0.2, 0) is 14.8 Å². The Morgan fingerprint density at radius 2 is 1.89 bits per heavy atom. The SMILES string of the molecule is CCN(CCCCS)C(=O)CNS(=O)(=O)c1ccccc1-c1ccc(-c2cnc(N)cn2)c(F)c1. The van der Waals surface area contributed by atoms with Crippen LogP contribution in [0.25, 0.3) is 22.4 Å². The quantitative estimate of drug-likeness (QED) is 0.265. The summed E-state index contributed by atoms with van der Waals surface area (Å²) in [4.78, 5) is 22.1. The zero-order chi connectivity index (χ0) is 25.4. The smallest absolute Gasteiger partial charge is 0.241 e. The number of carbonyl (C=O) groups excluding carboxylic acids is 1. The molecule has 0 bridgehead atoms. The summed E-state index contributed by atoms with van der Waals surface area (Å²) in [7, 11) is -4.05. The van der Waals surface area contributed by atoms with Gasteiger partial charge >= 0.3 is 0 Å². The largest absolute Gasteiger partial charge is 0.382 e. The molecule has 0 atom stereocenters. The van der Waals surface area contributed by atoms with Gasteiger partial charge in [-0.2, -0.15) is 12.6 Å². The Balaban J connectivity index is 1.82. The van der Waals surface area contributed by atoms with Gasteiger partial charge in [0.2, 0.25) is 15.9 Å². The minimum atomic E-state index is -4.05. The molecule has 3 aromatic rings. The number of nitrogens with one attached hydrogen (secondary N) is 1. The lowest BCUT2D eigenvalue weighted by molar-refractivity contribution is -0.129. The summed E-state index contributed by atoms with van der Waals surface area (Å²) >= 11 is 4.17. The number of rotatable bonds is 11. The maximum absolute atomic E-state index is 14.9. The number of halogens is 1. The highest BCUT2D eigenvalue weighted by Crippen LogP contribution is 2.31. The third-order valence-electron chi connectivity index (χ3n) is 5.39. The van der Waals surface area contributed by atoms with E-state index >= 15 is 0 Å². The van der Waals surface area contributed by atoms with Crippen LogP contribution in [0.1, 0.15) is 19.8 Å². The fourth-order valence-electron chi connectivity index (χ4n) is 3.53. The molecule has 0 unspecified atom stereocenters. The van der Waals surface area contributed by atoms with Crippen molar-refractivity contribution in [3.05, 3.63) is 60.7 Å². The van der Waals surface area contributed by atoms with Crippen LogP contribution in [0.15, 0.2) is 59.8 Å². The normalized spacial score (nSPS) is 11.4. The van der Waals surface area contributed by atoms with Gasteiger partial charge in [-0.05, 0) is 49.3 Å². The van der Waals surface area contributed by atoms with Crippen LogP contribution in [0.3, 0.4) is 0 Å². The van der Waals surface area contributed by atoms with E-state index in [9.17, 15) is 17.6 Å². The van der Waals surface area contributed by atoms with E-state index in [4.69, 9.17) is 5.73 Å². The highest BCUT2D eigenvalue weighted by molar-refractivity contribution is 7.89. The first-order chi connectivity index (χ1) is 16.8. The van der Waals surface area contributed by atoms with Gasteiger partial charge in [-0.3, -0.25) is 9.78 Å². The number of carbonyl (C=O) groups is 1. The van der Waals surface area contributed by atoms with Crippen LogP contribution in [0, 0.1) is 5.82 Å². The second-order valence-electron chi connectivity index (χ2n) is 7.75. The Labute approximate surface area is 210 Å². The van der Waals surface area contributed by atoms with Crippen molar-refractivity contribution in [3.8, 4) is 22.4 Å². The fourth-order valence-corrected chi connectivity index (χ4v) is 4.95. The lowest BCUT2D eigenvalue weighted by atomic mass is 10.0. The molecule has 0 spiro atoms. The Morgan fingerprint density at radius 3 is 2.54 bits per heavy atom. The summed E-state index contributed by atoms with van der Waals surface area (Å²) in [5, 5.41) is 0. The molecule has 0 saturated heterocycles. The predicted octanol–water partition coefficient (Wildman–Crippen LogP) is 3.37. The van der Waals surface area contributed by atoms with Gasteiger partial charge in [0, 0.05) is 24.2 Å². The van der Waals surface area contributed by atoms with Crippen molar-refractivity contribution in [1.29, 1.82) is 0 Å². The Bertz CT molecular complexity index is 1270. The number of thiol groups is 1. The molecule has 186 valence electrons. The molecule has 1 heterocycles. The molecular formula is C24H28FN5O3S2. The molecule has 0 radical (unpaired) electrons. The summed E-state index contributed by atoms with van der Waals surface area (Å²) in [6, 6.07) is 10.6. The summed E-state index contributed by atoms with van der Waals surface area (Å²) in [5.41, 5.74) is 6.73. The topological polar surface area (TPSA) is 118 Å². The fraction of sp³-hybridized carbons (Fsp3) is 0.292. The monoisotopic (exact) mass is 517 g/mol. The van der Waals surface area contributed by atoms with Crippen molar-refractivity contribution in [2.45, 2.75) is 24.7 Å². The van der Waals surface area contributed by atoms with Crippen molar-refractivity contribution in [3.63, 3.8) is 0 Å². The molecule has 0 aliphatic carbocycles. The zero-order valence-electron chi connectivity index (χ0n) is 19.3. The van der Waals surface area contributed by atoms with Gasteiger partial charge in [0.1, 0.15) is 11.6 Å². The van der Waals surface area contributed by atoms with Gasteiger partial charge in [0.15, 0.2) is 0 Å². The number of benzene rings is 2. The van der Waals surface area contributed by atoms with Crippen molar-refractivity contribution in [1.82, 2.24) is 19.6 Å². The van der Waals surface area contributed by atoms with E-state index in [1.165, 1.54) is 30.6 Å². The number of nitrogens with zero attached hydrogens (tertiary/aromatic N) is 3. The second kappa shape index (κ2) is 12.1. The molecule has 0 fully saturated rings. The van der Waals surface area contributed by atoms with Crippen molar-refractivity contribution < 1.29 is 17.6 Å². The van der Waals surface area contributed by atoms with E-state index in [-0.39, 0.29) is 28.7 Å². The second-order valence-corrected chi connectivity index (χ2v) is 9.93. The lowest BCUT2D eigenvalue weighted by Gasteiger charge is -2.21. The highest BCUT2D eigenvalue weighted by atomic mass is 32.2. The van der Waals surface area contributed by atoms with Gasteiger partial charge in [0.05, 0.1) is 29.5 Å². The number of aromatic nitrogens is 2. The summed E-state index contributed by atoms with van der Waals surface area (Å²) in [6.45, 7) is 2.50. The van der Waals surface area contributed by atoms with E-state index in [2.05, 4.69) is 27.3 Å². The summed E-state index contributed by atoms with van der Waals surface area (Å²) < 4.78 is 43.5. The first-order valence-electron chi connectivity index (χ1n) is 11.1. The molecule has 8 nitrogen and oxygen atoms in total. The Hall–Kier alpha value is -3.02. The standard InChI is InChI=1S/C24H28FN5O3S2/c1-2-30(11-5-6-12-34)24(31)16-29-35(32,33)22-8-4-3-7-18(22)17-9-10-19(20(25)13-17)21-14-28-23(26)15-27-21/h3-4,7-10,13-15,29,34H,2,5-6,11-12,16H2,1H3,(H2,26,28). The van der Waals surface area contributed by atoms with Crippen LogP contribution in [-0.4, -0.2) is 54.6 Å². The number of hydrogen-bond acceptors (Lipinski definition) is 7. The van der Waals surface area contributed by atoms with Gasteiger partial charge < -0.3 is 10.6 Å². The average molecular weight is 518 g/mol. The van der Waals surface area contributed by atoms with Gasteiger partial charge in [0.25, 0.3) is 0 Å². The van der Waals surface area contributed by atoms with Gasteiger partial charge in [-0.1, -0.05) is 24.3 Å². The molecule has 1 amide bonds. The number of likely N-dealkylation sites (N-methyl/N-ethyl adjacent to an activating group) is 1. The molecular weight excluding hydrogens is 489 g/mol. The molecule has 35 heavy (non-hydrogen) atoms. The Morgan fingerprint density at radius 1 is 1.11 bits per heavy atom. The van der Waals surface area contributed by atoms with Crippen LogP contribution < -0.4 is 10.5 Å². The number of hydrogen-bond donors (Lipinski definition) is 3. The molecule has 1 aromatic heterocycles. The average Bonchev–Trinajstić information content (AvgIpc) is 2.86. The first-order valence-corrected chi connectivity index (χ1v) is 13.2. The van der Waals surface area contributed by atoms with Crippen LogP contribution in [0.2, 0.25) is 0 Å². The van der Waals surface area contributed by atoms with Crippen molar-refractivity contribution >= 4 is 34.4 Å². The van der Waals surface area contributed by atoms with Gasteiger partial charge in [-0.15, -0.1) is 0 Å². The minimum absolute atomic E-state index is 0.0506. The zero-order valence-corrected chi connectivity index (χ0v) is 21.0. The molecule has 0 aliphatic heterocycles. The minimum Gasteiger partial charge on any atom is -0.382 e. The number of sulfonamides is 1. The summed E-state index contributed by atoms with van der Waals surface area (Å²) in [6.07, 6.45) is 4.36. The van der Waals surface area contributed by atoms with Crippen molar-refractivity contribution in [2.24, 2.45) is 0 Å². The third-order valence-corrected chi connectivity index (χ3v) is 7.16. The maximum atomic E-state index is 14.9. The van der Waals surface area contributed by atoms with E-state index in [0.29, 0.717) is 29.9 Å².